The molecule has 0 aromatic carbocycles. The molecule has 6 heteroatoms. The summed E-state index contributed by atoms with van der Waals surface area (Å²) in [7, 11) is 0. The summed E-state index contributed by atoms with van der Waals surface area (Å²) in [5.41, 5.74) is 5.18. The van der Waals surface area contributed by atoms with Crippen molar-refractivity contribution in [2.75, 3.05) is 13.2 Å². The van der Waals surface area contributed by atoms with Gasteiger partial charge in [0.2, 0.25) is 5.92 Å². The highest BCUT2D eigenvalue weighted by Gasteiger charge is 2.28. The van der Waals surface area contributed by atoms with Crippen molar-refractivity contribution in [1.82, 2.24) is 0 Å². The third kappa shape index (κ3) is 6.68. The minimum absolute atomic E-state index is 0.0938. The van der Waals surface area contributed by atoms with Gasteiger partial charge >= 0.3 is 5.97 Å². The molecule has 0 heterocycles. The summed E-state index contributed by atoms with van der Waals surface area (Å²) in [5.74, 6) is -4.17. The van der Waals surface area contributed by atoms with Crippen LogP contribution in [0.1, 0.15) is 26.7 Å². The summed E-state index contributed by atoms with van der Waals surface area (Å²) in [6.45, 7) is 3.00. The fraction of sp³-hybridized carbons (Fsp3) is 0.900. The number of hydrogen-bond donors (Lipinski definition) is 2. The first kappa shape index (κ1) is 15.2. The van der Waals surface area contributed by atoms with Crippen LogP contribution in [0.2, 0.25) is 0 Å². The van der Waals surface area contributed by atoms with Crippen LogP contribution < -0.4 is 5.73 Å². The Morgan fingerprint density at radius 3 is 2.50 bits per heavy atom. The zero-order valence-electron chi connectivity index (χ0n) is 9.58. The van der Waals surface area contributed by atoms with E-state index in [0.29, 0.717) is 0 Å². The second kappa shape index (κ2) is 6.75. The molecule has 0 saturated carbocycles. The Balaban J connectivity index is 3.74. The Kier molecular flexibility index (Phi) is 6.43. The number of carboxylic acid groups (broad SMARTS) is 1. The van der Waals surface area contributed by atoms with Crippen molar-refractivity contribution < 1.29 is 23.4 Å². The number of aliphatic carboxylic acids is 1. The molecule has 2 atom stereocenters. The summed E-state index contributed by atoms with van der Waals surface area (Å²) >= 11 is 0. The highest BCUT2D eigenvalue weighted by atomic mass is 19.3. The third-order valence-corrected chi connectivity index (χ3v) is 2.18. The molecule has 0 aromatic heterocycles. The number of nitrogens with two attached hydrogens (primary N) is 1. The fourth-order valence-electron chi connectivity index (χ4n) is 1.18. The topological polar surface area (TPSA) is 72.5 Å². The maximum absolute atomic E-state index is 12.9. The predicted octanol–water partition coefficient (Wildman–Crippen LogP) is 1.49. The molecule has 1 unspecified atom stereocenters. The van der Waals surface area contributed by atoms with E-state index in [2.05, 4.69) is 0 Å². The van der Waals surface area contributed by atoms with E-state index in [1.165, 1.54) is 6.92 Å². The average Bonchev–Trinajstić information content (AvgIpc) is 2.16. The van der Waals surface area contributed by atoms with Gasteiger partial charge in [-0.3, -0.25) is 4.79 Å². The first-order valence-corrected chi connectivity index (χ1v) is 5.22. The van der Waals surface area contributed by atoms with Gasteiger partial charge in [0.15, 0.2) is 0 Å². The molecule has 16 heavy (non-hydrogen) atoms. The van der Waals surface area contributed by atoms with Gasteiger partial charge < -0.3 is 15.6 Å². The van der Waals surface area contributed by atoms with E-state index in [-0.39, 0.29) is 32.0 Å². The molecule has 0 radical (unpaired) electrons. The number of carboxylic acids is 1. The Morgan fingerprint density at radius 1 is 1.50 bits per heavy atom. The molecule has 0 aliphatic carbocycles. The first-order chi connectivity index (χ1) is 7.28. The van der Waals surface area contributed by atoms with Crippen molar-refractivity contribution in [1.29, 1.82) is 0 Å². The van der Waals surface area contributed by atoms with E-state index in [1.807, 2.05) is 0 Å². The van der Waals surface area contributed by atoms with Crippen molar-refractivity contribution in [2.24, 2.45) is 11.7 Å². The summed E-state index contributed by atoms with van der Waals surface area (Å²) in [4.78, 5) is 10.3. The lowest BCUT2D eigenvalue weighted by atomic mass is 10.0. The van der Waals surface area contributed by atoms with Crippen LogP contribution in [-0.4, -0.2) is 36.3 Å². The Hall–Kier alpha value is -0.750. The normalized spacial score (nSPS) is 15.8. The van der Waals surface area contributed by atoms with Gasteiger partial charge in [-0.2, -0.15) is 0 Å². The van der Waals surface area contributed by atoms with Gasteiger partial charge in [0.05, 0.1) is 6.61 Å². The molecule has 0 fully saturated rings. The van der Waals surface area contributed by atoms with Crippen LogP contribution in [0.25, 0.3) is 0 Å². The van der Waals surface area contributed by atoms with Crippen molar-refractivity contribution in [2.45, 2.75) is 38.7 Å². The van der Waals surface area contributed by atoms with Crippen molar-refractivity contribution in [3.8, 4) is 0 Å². The highest BCUT2D eigenvalue weighted by Crippen LogP contribution is 2.26. The third-order valence-electron chi connectivity index (χ3n) is 2.18. The molecule has 4 nitrogen and oxygen atoms in total. The lowest BCUT2D eigenvalue weighted by molar-refractivity contribution is -0.140. The van der Waals surface area contributed by atoms with E-state index in [4.69, 9.17) is 15.6 Å². The van der Waals surface area contributed by atoms with Gasteiger partial charge in [-0.15, -0.1) is 0 Å². The number of ether oxygens (including phenoxy) is 1. The van der Waals surface area contributed by atoms with Crippen molar-refractivity contribution in [3.05, 3.63) is 0 Å². The van der Waals surface area contributed by atoms with E-state index < -0.39 is 17.9 Å². The smallest absolute Gasteiger partial charge is 0.322 e. The Bertz CT molecular complexity index is 224. The van der Waals surface area contributed by atoms with Crippen LogP contribution in [0.15, 0.2) is 0 Å². The Morgan fingerprint density at radius 2 is 2.06 bits per heavy atom. The lowest BCUT2D eigenvalue weighted by Gasteiger charge is -2.19. The summed E-state index contributed by atoms with van der Waals surface area (Å²) < 4.78 is 30.9. The minimum Gasteiger partial charge on any atom is -0.480 e. The molecule has 0 aliphatic rings. The van der Waals surface area contributed by atoms with E-state index >= 15 is 0 Å². The van der Waals surface area contributed by atoms with Crippen molar-refractivity contribution in [3.63, 3.8) is 0 Å². The van der Waals surface area contributed by atoms with Crippen LogP contribution in [-0.2, 0) is 9.53 Å². The monoisotopic (exact) mass is 239 g/mol. The van der Waals surface area contributed by atoms with Gasteiger partial charge in [-0.05, 0) is 5.92 Å². The first-order valence-electron chi connectivity index (χ1n) is 5.22. The van der Waals surface area contributed by atoms with Gasteiger partial charge in [-0.25, -0.2) is 8.78 Å². The van der Waals surface area contributed by atoms with Gasteiger partial charge in [0.25, 0.3) is 0 Å². The summed E-state index contributed by atoms with van der Waals surface area (Å²) in [5, 5.41) is 8.45. The van der Waals surface area contributed by atoms with Crippen LogP contribution in [0, 0.1) is 5.92 Å². The molecule has 0 rings (SSSR count). The second-order valence-corrected chi connectivity index (χ2v) is 4.00. The zero-order valence-corrected chi connectivity index (χ0v) is 9.58. The minimum atomic E-state index is -2.68. The van der Waals surface area contributed by atoms with Gasteiger partial charge in [0.1, 0.15) is 6.04 Å². The van der Waals surface area contributed by atoms with Crippen LogP contribution >= 0.6 is 0 Å². The number of halogens is 2. The standard InChI is InChI=1S/C10H19F2NO3/c1-3-10(11,12)4-7(2)5-16-6-8(13)9(14)15/h7-8H,3-6,13H2,1-2H3,(H,14,15)/t7-,8?/m0/s1. The second-order valence-electron chi connectivity index (χ2n) is 4.00. The number of rotatable bonds is 8. The lowest BCUT2D eigenvalue weighted by Crippen LogP contribution is -2.35. The Labute approximate surface area is 93.8 Å². The quantitative estimate of drug-likeness (QED) is 0.673. The largest absolute Gasteiger partial charge is 0.480 e. The number of carbonyl (C=O) groups is 1. The van der Waals surface area contributed by atoms with Gasteiger partial charge in [0, 0.05) is 19.4 Å². The molecule has 3 N–H and O–H groups in total. The van der Waals surface area contributed by atoms with Crippen LogP contribution in [0.4, 0.5) is 8.78 Å². The molecule has 0 saturated heterocycles. The molecule has 96 valence electrons. The van der Waals surface area contributed by atoms with Gasteiger partial charge in [-0.1, -0.05) is 13.8 Å². The predicted molar refractivity (Wildman–Crippen MR) is 55.4 cm³/mol. The van der Waals surface area contributed by atoms with E-state index in [1.54, 1.807) is 6.92 Å². The van der Waals surface area contributed by atoms with Crippen LogP contribution in [0.3, 0.4) is 0 Å². The molecular weight excluding hydrogens is 220 g/mol. The van der Waals surface area contributed by atoms with Crippen LogP contribution in [0.5, 0.6) is 0 Å². The maximum Gasteiger partial charge on any atom is 0.322 e. The molecule has 0 amide bonds. The number of alkyl halides is 2. The zero-order chi connectivity index (χ0) is 12.8. The van der Waals surface area contributed by atoms with E-state index in [0.717, 1.165) is 0 Å². The van der Waals surface area contributed by atoms with Crippen molar-refractivity contribution >= 4 is 5.97 Å². The number of hydrogen-bond acceptors (Lipinski definition) is 3. The molecule has 0 bridgehead atoms. The molecule has 0 aromatic rings. The fourth-order valence-corrected chi connectivity index (χ4v) is 1.18. The molecular formula is C10H19F2NO3. The average molecular weight is 239 g/mol. The highest BCUT2D eigenvalue weighted by molar-refractivity contribution is 5.73. The maximum atomic E-state index is 12.9. The van der Waals surface area contributed by atoms with E-state index in [9.17, 15) is 13.6 Å². The molecule has 0 spiro atoms. The SMILES string of the molecule is CCC(F)(F)C[C@H](C)COCC(N)C(=O)O. The molecule has 0 aliphatic heterocycles. The summed E-state index contributed by atoms with van der Waals surface area (Å²) in [6.07, 6.45) is -0.461. The summed E-state index contributed by atoms with van der Waals surface area (Å²) in [6, 6.07) is -1.10.